The maximum absolute atomic E-state index is 12.4. The molecule has 0 amide bonds. The molecule has 0 bridgehead atoms. The first-order valence-electron chi connectivity index (χ1n) is 5.90. The number of likely N-dealkylation sites (tertiary alicyclic amines) is 1. The van der Waals surface area contributed by atoms with Crippen LogP contribution in [-0.4, -0.2) is 23.0 Å². The zero-order valence-electron chi connectivity index (χ0n) is 9.81. The molecular formula is C13H17FN2S. The summed E-state index contributed by atoms with van der Waals surface area (Å²) in [6.07, 6.45) is 6.17. The molecule has 0 N–H and O–H groups in total. The molecule has 92 valence electrons. The van der Waals surface area contributed by atoms with Crippen LogP contribution >= 0.6 is 12.1 Å². The van der Waals surface area contributed by atoms with Crippen molar-refractivity contribution in [3.8, 4) is 0 Å². The highest BCUT2D eigenvalue weighted by Crippen LogP contribution is 2.21. The molecule has 1 fully saturated rings. The van der Waals surface area contributed by atoms with Crippen LogP contribution in [0, 0.1) is 5.92 Å². The maximum atomic E-state index is 12.4. The van der Waals surface area contributed by atoms with Crippen molar-refractivity contribution >= 4 is 12.1 Å². The lowest BCUT2D eigenvalue weighted by molar-refractivity contribution is 0.189. The van der Waals surface area contributed by atoms with E-state index in [4.69, 9.17) is 0 Å². The van der Waals surface area contributed by atoms with E-state index in [-0.39, 0.29) is 12.1 Å². The van der Waals surface area contributed by atoms with Crippen LogP contribution in [0.4, 0.5) is 3.89 Å². The fourth-order valence-corrected chi connectivity index (χ4v) is 2.57. The Morgan fingerprint density at radius 2 is 2.53 bits per heavy atom. The minimum absolute atomic E-state index is 0.204. The Bertz CT molecular complexity index is 383. The van der Waals surface area contributed by atoms with Crippen LogP contribution in [0.2, 0.25) is 0 Å². The topological polar surface area (TPSA) is 16.1 Å². The van der Waals surface area contributed by atoms with E-state index in [1.807, 2.05) is 18.2 Å². The van der Waals surface area contributed by atoms with E-state index in [1.54, 1.807) is 6.20 Å². The third-order valence-electron chi connectivity index (χ3n) is 3.16. The molecule has 1 aliphatic heterocycles. The highest BCUT2D eigenvalue weighted by molar-refractivity contribution is 7.94. The summed E-state index contributed by atoms with van der Waals surface area (Å²) >= 11 is 0.204. The summed E-state index contributed by atoms with van der Waals surface area (Å²) in [4.78, 5) is 6.34. The maximum Gasteiger partial charge on any atom is 0.129 e. The van der Waals surface area contributed by atoms with Gasteiger partial charge in [0, 0.05) is 19.3 Å². The second-order valence-electron chi connectivity index (χ2n) is 4.45. The van der Waals surface area contributed by atoms with Crippen molar-refractivity contribution in [1.29, 1.82) is 0 Å². The van der Waals surface area contributed by atoms with Crippen LogP contribution in [0.5, 0.6) is 0 Å². The third-order valence-corrected chi connectivity index (χ3v) is 3.54. The number of hydrogen-bond acceptors (Lipinski definition) is 3. The van der Waals surface area contributed by atoms with Crippen LogP contribution in [0.15, 0.2) is 36.0 Å². The lowest BCUT2D eigenvalue weighted by atomic mass is 9.98. The Kier molecular flexibility index (Phi) is 4.57. The van der Waals surface area contributed by atoms with Gasteiger partial charge in [0.25, 0.3) is 0 Å². The molecule has 1 atom stereocenters. The molecule has 4 heteroatoms. The summed E-state index contributed by atoms with van der Waals surface area (Å²) in [5.41, 5.74) is 1.13. The minimum atomic E-state index is 0.204. The van der Waals surface area contributed by atoms with Crippen molar-refractivity contribution in [3.05, 3.63) is 36.5 Å². The molecule has 0 saturated carbocycles. The summed E-state index contributed by atoms with van der Waals surface area (Å²) in [5.74, 6) is 0.598. The predicted molar refractivity (Wildman–Crippen MR) is 69.4 cm³/mol. The molecule has 2 nitrogen and oxygen atoms in total. The Morgan fingerprint density at radius 1 is 1.65 bits per heavy atom. The van der Waals surface area contributed by atoms with E-state index in [0.717, 1.165) is 25.2 Å². The highest BCUT2D eigenvalue weighted by Gasteiger charge is 2.17. The van der Waals surface area contributed by atoms with Gasteiger partial charge in [0.2, 0.25) is 0 Å². The van der Waals surface area contributed by atoms with Crippen molar-refractivity contribution in [3.63, 3.8) is 0 Å². The quantitative estimate of drug-likeness (QED) is 0.763. The zero-order valence-corrected chi connectivity index (χ0v) is 10.6. The number of halogens is 1. The smallest absolute Gasteiger partial charge is 0.129 e. The largest absolute Gasteiger partial charge is 0.298 e. The molecule has 1 aliphatic rings. The van der Waals surface area contributed by atoms with Gasteiger partial charge in [-0.15, -0.1) is 6.58 Å². The SMILES string of the molecule is C=CC1CCCN(Cc2ccnc(SF)c2)C1. The monoisotopic (exact) mass is 252 g/mol. The summed E-state index contributed by atoms with van der Waals surface area (Å²) < 4.78 is 12.4. The van der Waals surface area contributed by atoms with Gasteiger partial charge < -0.3 is 0 Å². The van der Waals surface area contributed by atoms with Gasteiger partial charge in [0.1, 0.15) is 17.2 Å². The van der Waals surface area contributed by atoms with E-state index in [2.05, 4.69) is 16.5 Å². The standard InChI is InChI=1S/C13H17FN2S/c1-2-11-4-3-7-16(9-11)10-12-5-6-15-13(8-12)17-14/h2,5-6,8,11H,1,3-4,7,9-10H2. The molecule has 0 spiro atoms. The Labute approximate surface area is 106 Å². The molecule has 0 aromatic carbocycles. The Balaban J connectivity index is 1.97. The second kappa shape index (κ2) is 6.17. The van der Waals surface area contributed by atoms with Gasteiger partial charge in [-0.3, -0.25) is 4.90 Å². The van der Waals surface area contributed by atoms with Crippen molar-refractivity contribution in [2.75, 3.05) is 13.1 Å². The fourth-order valence-electron chi connectivity index (χ4n) is 2.28. The van der Waals surface area contributed by atoms with E-state index in [1.165, 1.54) is 12.8 Å². The van der Waals surface area contributed by atoms with Gasteiger partial charge in [0.15, 0.2) is 0 Å². The van der Waals surface area contributed by atoms with Gasteiger partial charge in [-0.2, -0.15) is 3.89 Å². The normalized spacial score (nSPS) is 21.4. The summed E-state index contributed by atoms with van der Waals surface area (Å²) in [5, 5.41) is 0.444. The van der Waals surface area contributed by atoms with Crippen molar-refractivity contribution in [2.24, 2.45) is 5.92 Å². The van der Waals surface area contributed by atoms with E-state index in [0.29, 0.717) is 10.9 Å². The van der Waals surface area contributed by atoms with E-state index >= 15 is 0 Å². The average molecular weight is 252 g/mol. The molecular weight excluding hydrogens is 235 g/mol. The second-order valence-corrected chi connectivity index (χ2v) is 5.03. The molecule has 0 aliphatic carbocycles. The summed E-state index contributed by atoms with van der Waals surface area (Å²) in [7, 11) is 0. The van der Waals surface area contributed by atoms with Crippen LogP contribution in [0.3, 0.4) is 0 Å². The lowest BCUT2D eigenvalue weighted by Crippen LogP contribution is -2.34. The number of aromatic nitrogens is 1. The predicted octanol–water partition coefficient (Wildman–Crippen LogP) is 3.46. The molecule has 2 heterocycles. The fraction of sp³-hybridized carbons (Fsp3) is 0.462. The molecule has 1 aromatic rings. The number of nitrogens with zero attached hydrogens (tertiary/aromatic N) is 2. The van der Waals surface area contributed by atoms with E-state index < -0.39 is 0 Å². The average Bonchev–Trinajstić information content (AvgIpc) is 2.39. The molecule has 2 rings (SSSR count). The van der Waals surface area contributed by atoms with Gasteiger partial charge in [-0.1, -0.05) is 6.08 Å². The highest BCUT2D eigenvalue weighted by atomic mass is 32.2. The van der Waals surface area contributed by atoms with Crippen LogP contribution in [0.1, 0.15) is 18.4 Å². The number of hydrogen-bond donors (Lipinski definition) is 0. The Morgan fingerprint density at radius 3 is 3.29 bits per heavy atom. The zero-order chi connectivity index (χ0) is 12.1. The van der Waals surface area contributed by atoms with Crippen molar-refractivity contribution < 1.29 is 3.89 Å². The Hall–Kier alpha value is -0.870. The first-order chi connectivity index (χ1) is 8.31. The molecule has 1 saturated heterocycles. The summed E-state index contributed by atoms with van der Waals surface area (Å²) in [6.45, 7) is 6.91. The van der Waals surface area contributed by atoms with Gasteiger partial charge >= 0.3 is 0 Å². The van der Waals surface area contributed by atoms with Crippen LogP contribution in [0.25, 0.3) is 0 Å². The van der Waals surface area contributed by atoms with Crippen molar-refractivity contribution in [2.45, 2.75) is 24.4 Å². The first kappa shape index (κ1) is 12.6. The van der Waals surface area contributed by atoms with Crippen LogP contribution < -0.4 is 0 Å². The minimum Gasteiger partial charge on any atom is -0.298 e. The molecule has 17 heavy (non-hydrogen) atoms. The molecule has 1 unspecified atom stereocenters. The summed E-state index contributed by atoms with van der Waals surface area (Å²) in [6, 6.07) is 3.78. The third kappa shape index (κ3) is 3.54. The lowest BCUT2D eigenvalue weighted by Gasteiger charge is -2.31. The van der Waals surface area contributed by atoms with Crippen molar-refractivity contribution in [1.82, 2.24) is 9.88 Å². The van der Waals surface area contributed by atoms with E-state index in [9.17, 15) is 3.89 Å². The van der Waals surface area contributed by atoms with Crippen LogP contribution in [-0.2, 0) is 6.54 Å². The molecule has 1 aromatic heterocycles. The van der Waals surface area contributed by atoms with Gasteiger partial charge in [0.05, 0.1) is 0 Å². The molecule has 0 radical (unpaired) electrons. The number of piperidine rings is 1. The number of rotatable bonds is 4. The van der Waals surface area contributed by atoms with Gasteiger partial charge in [-0.25, -0.2) is 4.98 Å². The number of pyridine rings is 1. The van der Waals surface area contributed by atoms with Gasteiger partial charge in [-0.05, 0) is 43.0 Å². The first-order valence-corrected chi connectivity index (χ1v) is 6.62.